The molecular formula is C22H26ClFN2O2S. The molecule has 2 amide bonds. The minimum atomic E-state index is -0.630. The molecule has 0 unspecified atom stereocenters. The first-order valence-electron chi connectivity index (χ1n) is 9.43. The Morgan fingerprint density at radius 1 is 1.10 bits per heavy atom. The van der Waals surface area contributed by atoms with Crippen LogP contribution in [-0.4, -0.2) is 34.6 Å². The molecule has 0 aliphatic rings. The quantitative estimate of drug-likeness (QED) is 0.622. The van der Waals surface area contributed by atoms with E-state index < -0.39 is 6.04 Å². The molecule has 0 heterocycles. The number of carbonyl (C=O) groups excluding carboxylic acids is 2. The van der Waals surface area contributed by atoms with Crippen LogP contribution in [0.5, 0.6) is 0 Å². The fraction of sp³-hybridized carbons (Fsp3) is 0.364. The van der Waals surface area contributed by atoms with Gasteiger partial charge in [0.2, 0.25) is 11.8 Å². The fourth-order valence-electron chi connectivity index (χ4n) is 2.72. The Kier molecular flexibility index (Phi) is 8.99. The van der Waals surface area contributed by atoms with E-state index in [0.717, 1.165) is 5.56 Å². The van der Waals surface area contributed by atoms with E-state index in [0.29, 0.717) is 22.9 Å². The molecule has 4 nitrogen and oxygen atoms in total. The lowest BCUT2D eigenvalue weighted by molar-refractivity contribution is -0.138. The van der Waals surface area contributed by atoms with Crippen molar-refractivity contribution in [2.75, 3.05) is 5.75 Å². The minimum absolute atomic E-state index is 0.0205. The molecule has 0 spiro atoms. The molecule has 156 valence electrons. The van der Waals surface area contributed by atoms with E-state index in [1.54, 1.807) is 42.2 Å². The van der Waals surface area contributed by atoms with Gasteiger partial charge in [-0.1, -0.05) is 41.9 Å². The number of thioether (sulfide) groups is 1. The Labute approximate surface area is 180 Å². The lowest BCUT2D eigenvalue weighted by Gasteiger charge is -2.29. The number of nitrogens with zero attached hydrogens (tertiary/aromatic N) is 1. The second-order valence-electron chi connectivity index (χ2n) is 7.07. The molecule has 0 fully saturated rings. The average Bonchev–Trinajstić information content (AvgIpc) is 2.68. The lowest BCUT2D eigenvalue weighted by Crippen LogP contribution is -2.49. The van der Waals surface area contributed by atoms with Gasteiger partial charge in [0.25, 0.3) is 0 Å². The standard InChI is InChI=1S/C22H26ClFN2O2S/c1-15(2)25-22(28)16(3)26(12-17-8-10-19(23)11-9-17)21(27)14-29-13-18-6-4-5-7-20(18)24/h4-11,15-16H,12-14H2,1-3H3,(H,25,28)/t16-/m0/s1. The number of hydrogen-bond acceptors (Lipinski definition) is 3. The molecule has 2 aromatic rings. The molecule has 1 atom stereocenters. The summed E-state index contributed by atoms with van der Waals surface area (Å²) in [6, 6.07) is 13.0. The molecule has 0 radical (unpaired) electrons. The average molecular weight is 437 g/mol. The first kappa shape index (κ1) is 23.2. The smallest absolute Gasteiger partial charge is 0.242 e. The van der Waals surface area contributed by atoms with Gasteiger partial charge < -0.3 is 10.2 Å². The van der Waals surface area contributed by atoms with Gasteiger partial charge >= 0.3 is 0 Å². The van der Waals surface area contributed by atoms with Crippen molar-refractivity contribution >= 4 is 35.2 Å². The third kappa shape index (κ3) is 7.37. The molecule has 2 rings (SSSR count). The van der Waals surface area contributed by atoms with Crippen molar-refractivity contribution in [1.82, 2.24) is 10.2 Å². The fourth-order valence-corrected chi connectivity index (χ4v) is 3.74. The zero-order chi connectivity index (χ0) is 21.4. The van der Waals surface area contributed by atoms with E-state index in [1.807, 2.05) is 26.0 Å². The van der Waals surface area contributed by atoms with E-state index >= 15 is 0 Å². The number of halogens is 2. The van der Waals surface area contributed by atoms with Gasteiger partial charge in [-0.2, -0.15) is 0 Å². The molecule has 2 aromatic carbocycles. The molecule has 0 aromatic heterocycles. The largest absolute Gasteiger partial charge is 0.352 e. The summed E-state index contributed by atoms with van der Waals surface area (Å²) >= 11 is 7.27. The van der Waals surface area contributed by atoms with Gasteiger partial charge in [-0.15, -0.1) is 11.8 Å². The van der Waals surface area contributed by atoms with Crippen LogP contribution in [0.2, 0.25) is 5.02 Å². The summed E-state index contributed by atoms with van der Waals surface area (Å²) in [5, 5.41) is 3.46. The molecule has 0 bridgehead atoms. The Morgan fingerprint density at radius 2 is 1.76 bits per heavy atom. The number of rotatable bonds is 9. The van der Waals surface area contributed by atoms with E-state index in [2.05, 4.69) is 5.32 Å². The van der Waals surface area contributed by atoms with Crippen molar-refractivity contribution in [2.45, 2.75) is 45.2 Å². The van der Waals surface area contributed by atoms with Crippen LogP contribution in [0.15, 0.2) is 48.5 Å². The van der Waals surface area contributed by atoms with Crippen LogP contribution in [0.4, 0.5) is 4.39 Å². The third-order valence-corrected chi connectivity index (χ3v) is 5.52. The minimum Gasteiger partial charge on any atom is -0.352 e. The SMILES string of the molecule is CC(C)NC(=O)[C@H](C)N(Cc1ccc(Cl)cc1)C(=O)CSCc1ccccc1F. The number of carbonyl (C=O) groups is 2. The van der Waals surface area contributed by atoms with Crippen LogP contribution in [0, 0.1) is 5.82 Å². The predicted octanol–water partition coefficient (Wildman–Crippen LogP) is 4.65. The van der Waals surface area contributed by atoms with Crippen LogP contribution in [0.1, 0.15) is 31.9 Å². The summed E-state index contributed by atoms with van der Waals surface area (Å²) in [5.74, 6) is -0.120. The molecule has 0 aliphatic carbocycles. The van der Waals surface area contributed by atoms with Crippen LogP contribution in [0.25, 0.3) is 0 Å². The summed E-state index contributed by atoms with van der Waals surface area (Å²) in [6.07, 6.45) is 0. The zero-order valence-electron chi connectivity index (χ0n) is 16.8. The van der Waals surface area contributed by atoms with Crippen molar-refractivity contribution in [3.05, 3.63) is 70.5 Å². The zero-order valence-corrected chi connectivity index (χ0v) is 18.4. The van der Waals surface area contributed by atoms with Crippen molar-refractivity contribution in [2.24, 2.45) is 0 Å². The van der Waals surface area contributed by atoms with E-state index in [-0.39, 0.29) is 29.4 Å². The Balaban J connectivity index is 2.07. The number of amides is 2. The molecule has 29 heavy (non-hydrogen) atoms. The third-order valence-electron chi connectivity index (χ3n) is 4.31. The van der Waals surface area contributed by atoms with Gasteiger partial charge in [0.15, 0.2) is 0 Å². The summed E-state index contributed by atoms with van der Waals surface area (Å²) < 4.78 is 13.8. The summed E-state index contributed by atoms with van der Waals surface area (Å²) in [5.41, 5.74) is 1.44. The van der Waals surface area contributed by atoms with Crippen molar-refractivity contribution in [3.8, 4) is 0 Å². The lowest BCUT2D eigenvalue weighted by atomic mass is 10.1. The van der Waals surface area contributed by atoms with E-state index in [9.17, 15) is 14.0 Å². The normalized spacial score (nSPS) is 11.9. The molecular weight excluding hydrogens is 411 g/mol. The topological polar surface area (TPSA) is 49.4 Å². The molecule has 0 saturated carbocycles. The Bertz CT molecular complexity index is 830. The van der Waals surface area contributed by atoms with Gasteiger partial charge in [-0.3, -0.25) is 9.59 Å². The maximum absolute atomic E-state index is 13.8. The summed E-state index contributed by atoms with van der Waals surface area (Å²) in [6.45, 7) is 5.76. The first-order chi connectivity index (χ1) is 13.8. The second kappa shape index (κ2) is 11.2. The molecule has 7 heteroatoms. The highest BCUT2D eigenvalue weighted by molar-refractivity contribution is 7.99. The highest BCUT2D eigenvalue weighted by atomic mass is 35.5. The van der Waals surface area contributed by atoms with Gasteiger partial charge in [0.05, 0.1) is 5.75 Å². The Morgan fingerprint density at radius 3 is 2.38 bits per heavy atom. The van der Waals surface area contributed by atoms with Gasteiger partial charge in [-0.25, -0.2) is 4.39 Å². The highest BCUT2D eigenvalue weighted by Crippen LogP contribution is 2.18. The van der Waals surface area contributed by atoms with Gasteiger partial charge in [0.1, 0.15) is 11.9 Å². The summed E-state index contributed by atoms with van der Waals surface area (Å²) in [4.78, 5) is 27.0. The van der Waals surface area contributed by atoms with E-state index in [4.69, 9.17) is 11.6 Å². The van der Waals surface area contributed by atoms with Crippen LogP contribution in [-0.2, 0) is 21.9 Å². The highest BCUT2D eigenvalue weighted by Gasteiger charge is 2.26. The van der Waals surface area contributed by atoms with Gasteiger partial charge in [0, 0.05) is 23.4 Å². The maximum Gasteiger partial charge on any atom is 0.242 e. The number of hydrogen-bond donors (Lipinski definition) is 1. The molecule has 0 aliphatic heterocycles. The molecule has 0 saturated heterocycles. The van der Waals surface area contributed by atoms with Crippen molar-refractivity contribution in [3.63, 3.8) is 0 Å². The Hall–Kier alpha value is -2.05. The van der Waals surface area contributed by atoms with Crippen LogP contribution >= 0.6 is 23.4 Å². The van der Waals surface area contributed by atoms with E-state index in [1.165, 1.54) is 17.8 Å². The number of benzene rings is 2. The predicted molar refractivity (Wildman–Crippen MR) is 117 cm³/mol. The molecule has 1 N–H and O–H groups in total. The summed E-state index contributed by atoms with van der Waals surface area (Å²) in [7, 11) is 0. The first-order valence-corrected chi connectivity index (χ1v) is 11.0. The number of nitrogens with one attached hydrogen (secondary N) is 1. The van der Waals surface area contributed by atoms with Crippen molar-refractivity contribution < 1.29 is 14.0 Å². The monoisotopic (exact) mass is 436 g/mol. The van der Waals surface area contributed by atoms with Crippen LogP contribution < -0.4 is 5.32 Å². The second-order valence-corrected chi connectivity index (χ2v) is 8.49. The van der Waals surface area contributed by atoms with Gasteiger partial charge in [-0.05, 0) is 50.1 Å². The maximum atomic E-state index is 13.8. The van der Waals surface area contributed by atoms with Crippen LogP contribution in [0.3, 0.4) is 0 Å². The van der Waals surface area contributed by atoms with Crippen molar-refractivity contribution in [1.29, 1.82) is 0 Å².